The Morgan fingerprint density at radius 2 is 1.43 bits per heavy atom. The third-order valence-electron chi connectivity index (χ3n) is 6.20. The highest BCUT2D eigenvalue weighted by molar-refractivity contribution is 5.96. The molecule has 0 aliphatic heterocycles. The zero-order chi connectivity index (χ0) is 28.6. The van der Waals surface area contributed by atoms with Crippen LogP contribution in [0.15, 0.2) is 71.1 Å². The highest BCUT2D eigenvalue weighted by Gasteiger charge is 2.25. The van der Waals surface area contributed by atoms with E-state index in [0.29, 0.717) is 39.7 Å². The van der Waals surface area contributed by atoms with Crippen LogP contribution in [0.1, 0.15) is 16.7 Å². The van der Waals surface area contributed by atoms with Crippen molar-refractivity contribution in [1.29, 1.82) is 5.26 Å². The lowest BCUT2D eigenvalue weighted by atomic mass is 9.98. The van der Waals surface area contributed by atoms with Crippen molar-refractivity contribution >= 4 is 17.8 Å². The van der Waals surface area contributed by atoms with E-state index in [-0.39, 0.29) is 18.1 Å². The number of carbonyl (C=O) groups is 2. The van der Waals surface area contributed by atoms with Crippen molar-refractivity contribution in [3.8, 4) is 45.8 Å². The molecular weight excluding hydrogens is 512 g/mol. The van der Waals surface area contributed by atoms with Gasteiger partial charge < -0.3 is 23.4 Å². The Hall–Kier alpha value is -5.23. The first kappa shape index (κ1) is 27.8. The number of carbonyl (C=O) groups excluding carboxylic acids is 2. The SMILES string of the molecule is COc1ccc(-c2oc(NC(=O)COC(=O)COc3ccc(C)c(C)c3)c(C#N)c2-c2ccc(OC)cc2)cc1. The Kier molecular flexibility index (Phi) is 8.72. The van der Waals surface area contributed by atoms with Crippen LogP contribution in [0.25, 0.3) is 22.5 Å². The average Bonchev–Trinajstić information content (AvgIpc) is 3.34. The van der Waals surface area contributed by atoms with Crippen molar-refractivity contribution < 1.29 is 33.0 Å². The van der Waals surface area contributed by atoms with E-state index in [0.717, 1.165) is 11.1 Å². The number of hydrogen-bond donors (Lipinski definition) is 1. The van der Waals surface area contributed by atoms with Gasteiger partial charge in [0, 0.05) is 11.1 Å². The number of anilines is 1. The van der Waals surface area contributed by atoms with Crippen molar-refractivity contribution in [3.63, 3.8) is 0 Å². The Bertz CT molecular complexity index is 1550. The van der Waals surface area contributed by atoms with Crippen molar-refractivity contribution in [2.24, 2.45) is 0 Å². The van der Waals surface area contributed by atoms with Crippen LogP contribution in [0.3, 0.4) is 0 Å². The number of nitriles is 1. The maximum Gasteiger partial charge on any atom is 0.344 e. The van der Waals surface area contributed by atoms with E-state index in [1.165, 1.54) is 0 Å². The second-order valence-corrected chi connectivity index (χ2v) is 8.82. The molecule has 0 spiro atoms. The van der Waals surface area contributed by atoms with Crippen molar-refractivity contribution in [2.45, 2.75) is 13.8 Å². The molecule has 9 heteroatoms. The van der Waals surface area contributed by atoms with Gasteiger partial charge in [0.2, 0.25) is 5.88 Å². The Morgan fingerprint density at radius 3 is 2.00 bits per heavy atom. The third-order valence-corrected chi connectivity index (χ3v) is 6.20. The molecule has 0 saturated heterocycles. The summed E-state index contributed by atoms with van der Waals surface area (Å²) in [7, 11) is 3.13. The van der Waals surface area contributed by atoms with E-state index < -0.39 is 18.5 Å². The summed E-state index contributed by atoms with van der Waals surface area (Å²) >= 11 is 0. The van der Waals surface area contributed by atoms with Crippen LogP contribution in [-0.4, -0.2) is 39.3 Å². The molecule has 0 aliphatic carbocycles. The van der Waals surface area contributed by atoms with Crippen LogP contribution >= 0.6 is 0 Å². The number of ether oxygens (including phenoxy) is 4. The van der Waals surface area contributed by atoms with Gasteiger partial charge in [-0.25, -0.2) is 4.79 Å². The highest BCUT2D eigenvalue weighted by atomic mass is 16.6. The van der Waals surface area contributed by atoms with E-state index >= 15 is 0 Å². The van der Waals surface area contributed by atoms with E-state index in [4.69, 9.17) is 23.4 Å². The summed E-state index contributed by atoms with van der Waals surface area (Å²) < 4.78 is 27.0. The Labute approximate surface area is 231 Å². The molecule has 1 heterocycles. The van der Waals surface area contributed by atoms with Gasteiger partial charge in [-0.2, -0.15) is 5.26 Å². The van der Waals surface area contributed by atoms with Gasteiger partial charge in [0.15, 0.2) is 13.2 Å². The topological polar surface area (TPSA) is 120 Å². The summed E-state index contributed by atoms with van der Waals surface area (Å²) in [5, 5.41) is 12.6. The molecule has 0 unspecified atom stereocenters. The monoisotopic (exact) mass is 540 g/mol. The predicted molar refractivity (Wildman–Crippen MR) is 148 cm³/mol. The summed E-state index contributed by atoms with van der Waals surface area (Å²) in [6.07, 6.45) is 0. The molecule has 0 fully saturated rings. The van der Waals surface area contributed by atoms with E-state index in [9.17, 15) is 14.9 Å². The molecule has 0 bridgehead atoms. The molecule has 1 aromatic heterocycles. The zero-order valence-corrected chi connectivity index (χ0v) is 22.6. The number of rotatable bonds is 10. The lowest BCUT2D eigenvalue weighted by Gasteiger charge is -2.08. The van der Waals surface area contributed by atoms with Crippen LogP contribution in [0.4, 0.5) is 5.88 Å². The van der Waals surface area contributed by atoms with Crippen molar-refractivity contribution in [2.75, 3.05) is 32.8 Å². The number of methoxy groups -OCH3 is 2. The van der Waals surface area contributed by atoms with Crippen LogP contribution in [0, 0.1) is 25.2 Å². The lowest BCUT2D eigenvalue weighted by Crippen LogP contribution is -2.23. The number of furan rings is 1. The summed E-state index contributed by atoms with van der Waals surface area (Å²) in [4.78, 5) is 24.8. The van der Waals surface area contributed by atoms with Gasteiger partial charge in [-0.1, -0.05) is 18.2 Å². The van der Waals surface area contributed by atoms with Gasteiger partial charge in [0.1, 0.15) is 34.6 Å². The van der Waals surface area contributed by atoms with Gasteiger partial charge in [-0.15, -0.1) is 0 Å². The summed E-state index contributed by atoms with van der Waals surface area (Å²) in [6, 6.07) is 21.8. The van der Waals surface area contributed by atoms with Gasteiger partial charge >= 0.3 is 5.97 Å². The molecule has 3 aromatic carbocycles. The van der Waals surface area contributed by atoms with E-state index in [1.807, 2.05) is 26.0 Å². The molecule has 204 valence electrons. The fraction of sp³-hybridized carbons (Fsp3) is 0.194. The van der Waals surface area contributed by atoms with Gasteiger partial charge in [-0.05, 0) is 79.1 Å². The summed E-state index contributed by atoms with van der Waals surface area (Å²) in [5.41, 5.74) is 4.09. The molecule has 0 aliphatic rings. The number of nitrogens with zero attached hydrogens (tertiary/aromatic N) is 1. The number of nitrogens with one attached hydrogen (secondary N) is 1. The van der Waals surface area contributed by atoms with Gasteiger partial charge in [0.05, 0.1) is 14.2 Å². The molecule has 4 rings (SSSR count). The minimum Gasteiger partial charge on any atom is -0.497 e. The van der Waals surface area contributed by atoms with Crippen LogP contribution in [-0.2, 0) is 14.3 Å². The minimum atomic E-state index is -0.717. The molecule has 4 aromatic rings. The van der Waals surface area contributed by atoms with Gasteiger partial charge in [-0.3, -0.25) is 10.1 Å². The standard InChI is InChI=1S/C31H28N2O7/c1-19-5-10-25(15-20(19)2)38-18-28(35)39-17-27(34)33-31-26(16-32)29(21-6-11-23(36-3)12-7-21)30(40-31)22-8-13-24(37-4)14-9-22/h5-15H,17-18H2,1-4H3,(H,33,34). The van der Waals surface area contributed by atoms with Crippen LogP contribution in [0.5, 0.6) is 17.2 Å². The van der Waals surface area contributed by atoms with Crippen LogP contribution < -0.4 is 19.5 Å². The number of aryl methyl sites for hydroxylation is 2. The van der Waals surface area contributed by atoms with E-state index in [2.05, 4.69) is 11.4 Å². The van der Waals surface area contributed by atoms with Crippen molar-refractivity contribution in [1.82, 2.24) is 0 Å². The molecule has 0 radical (unpaired) electrons. The summed E-state index contributed by atoms with van der Waals surface area (Å²) in [6.45, 7) is 2.97. The predicted octanol–water partition coefficient (Wildman–Crippen LogP) is 5.68. The molecular formula is C31H28N2O7. The fourth-order valence-corrected chi connectivity index (χ4v) is 3.90. The first-order valence-corrected chi connectivity index (χ1v) is 12.3. The number of esters is 1. The van der Waals surface area contributed by atoms with Crippen LogP contribution in [0.2, 0.25) is 0 Å². The van der Waals surface area contributed by atoms with Gasteiger partial charge in [0.25, 0.3) is 5.91 Å². The maximum atomic E-state index is 12.7. The highest BCUT2D eigenvalue weighted by Crippen LogP contribution is 2.42. The number of benzene rings is 3. The molecule has 0 atom stereocenters. The molecule has 1 N–H and O–H groups in total. The first-order chi connectivity index (χ1) is 19.3. The Balaban J connectivity index is 1.52. The quantitative estimate of drug-likeness (QED) is 0.255. The molecule has 0 saturated carbocycles. The molecule has 40 heavy (non-hydrogen) atoms. The second-order valence-electron chi connectivity index (χ2n) is 8.82. The fourth-order valence-electron chi connectivity index (χ4n) is 3.90. The number of hydrogen-bond acceptors (Lipinski definition) is 8. The van der Waals surface area contributed by atoms with E-state index in [1.54, 1.807) is 68.8 Å². The second kappa shape index (κ2) is 12.5. The first-order valence-electron chi connectivity index (χ1n) is 12.3. The smallest absolute Gasteiger partial charge is 0.344 e. The molecule has 1 amide bonds. The summed E-state index contributed by atoms with van der Waals surface area (Å²) in [5.74, 6) is 0.742. The number of amides is 1. The largest absolute Gasteiger partial charge is 0.497 e. The van der Waals surface area contributed by atoms with Crippen molar-refractivity contribution in [3.05, 3.63) is 83.4 Å². The lowest BCUT2D eigenvalue weighted by molar-refractivity contribution is -0.149. The maximum absolute atomic E-state index is 12.7. The minimum absolute atomic E-state index is 0.0634. The Morgan fingerprint density at radius 1 is 0.825 bits per heavy atom. The normalized spacial score (nSPS) is 10.4. The molecule has 9 nitrogen and oxygen atoms in total. The third kappa shape index (κ3) is 6.42. The zero-order valence-electron chi connectivity index (χ0n) is 22.6. The average molecular weight is 541 g/mol.